The predicted molar refractivity (Wildman–Crippen MR) is 125 cm³/mol. The van der Waals surface area contributed by atoms with E-state index in [2.05, 4.69) is 9.88 Å². The van der Waals surface area contributed by atoms with E-state index in [-0.39, 0.29) is 28.6 Å². The minimum Gasteiger partial charge on any atom is -0.493 e. The monoisotopic (exact) mass is 486 g/mol. The number of piperazine rings is 1. The van der Waals surface area contributed by atoms with E-state index in [0.29, 0.717) is 32.7 Å². The van der Waals surface area contributed by atoms with Gasteiger partial charge in [0.15, 0.2) is 11.5 Å². The fourth-order valence-corrected chi connectivity index (χ4v) is 4.64. The first kappa shape index (κ1) is 23.6. The van der Waals surface area contributed by atoms with Crippen LogP contribution in [0, 0.1) is 15.9 Å². The molecule has 2 aromatic carbocycles. The molecular formula is C23H23FN4O5S. The Morgan fingerprint density at radius 2 is 1.76 bits per heavy atom. The molecule has 4 rings (SSSR count). The lowest BCUT2D eigenvalue weighted by atomic mass is 10.1. The third-order valence-corrected chi connectivity index (χ3v) is 6.47. The van der Waals surface area contributed by atoms with Crippen molar-refractivity contribution in [2.24, 2.45) is 0 Å². The number of rotatable bonds is 7. The predicted octanol–water partition coefficient (Wildman–Crippen LogP) is 3.83. The third kappa shape index (κ3) is 5.00. The number of nitrogens with zero attached hydrogens (tertiary/aromatic N) is 4. The van der Waals surface area contributed by atoms with E-state index in [1.54, 1.807) is 17.0 Å². The highest BCUT2D eigenvalue weighted by Crippen LogP contribution is 2.35. The highest BCUT2D eigenvalue weighted by Gasteiger charge is 2.30. The Hall–Kier alpha value is -3.57. The Morgan fingerprint density at radius 3 is 2.38 bits per heavy atom. The Morgan fingerprint density at radius 1 is 1.12 bits per heavy atom. The first-order valence-electron chi connectivity index (χ1n) is 10.5. The number of ether oxygens (including phenoxy) is 2. The van der Waals surface area contributed by atoms with E-state index < -0.39 is 10.8 Å². The van der Waals surface area contributed by atoms with Crippen LogP contribution in [0.1, 0.15) is 15.4 Å². The van der Waals surface area contributed by atoms with Gasteiger partial charge in [0.2, 0.25) is 0 Å². The molecule has 0 radical (unpaired) electrons. The van der Waals surface area contributed by atoms with Gasteiger partial charge in [-0.2, -0.15) is 0 Å². The zero-order valence-electron chi connectivity index (χ0n) is 18.7. The van der Waals surface area contributed by atoms with Crippen molar-refractivity contribution in [3.63, 3.8) is 0 Å². The zero-order valence-corrected chi connectivity index (χ0v) is 19.5. The Bertz CT molecular complexity index is 1190. The second-order valence-corrected chi connectivity index (χ2v) is 8.63. The summed E-state index contributed by atoms with van der Waals surface area (Å²) in [7, 11) is 2.80. The summed E-state index contributed by atoms with van der Waals surface area (Å²) >= 11 is 1.53. The topological polar surface area (TPSA) is 98.0 Å². The zero-order chi connectivity index (χ0) is 24.2. The molecule has 0 saturated carbocycles. The van der Waals surface area contributed by atoms with Gasteiger partial charge in [-0.15, -0.1) is 11.3 Å². The molecule has 1 aromatic heterocycles. The average Bonchev–Trinajstić information content (AvgIpc) is 3.32. The van der Waals surface area contributed by atoms with E-state index in [4.69, 9.17) is 9.47 Å². The summed E-state index contributed by atoms with van der Waals surface area (Å²) in [6.07, 6.45) is 0. The molecule has 0 atom stereocenters. The fraction of sp³-hybridized carbons (Fsp3) is 0.304. The summed E-state index contributed by atoms with van der Waals surface area (Å²) in [6.45, 7) is 2.71. The van der Waals surface area contributed by atoms with Gasteiger partial charge in [-0.3, -0.25) is 19.8 Å². The van der Waals surface area contributed by atoms with Crippen molar-refractivity contribution in [3.8, 4) is 22.8 Å². The molecule has 1 amide bonds. The first-order chi connectivity index (χ1) is 16.4. The molecule has 34 heavy (non-hydrogen) atoms. The van der Waals surface area contributed by atoms with Gasteiger partial charge in [-0.05, 0) is 24.3 Å². The minimum absolute atomic E-state index is 0.0278. The van der Waals surface area contributed by atoms with Crippen molar-refractivity contribution in [2.45, 2.75) is 6.54 Å². The number of methoxy groups -OCH3 is 2. The van der Waals surface area contributed by atoms with Crippen molar-refractivity contribution >= 4 is 22.9 Å². The van der Waals surface area contributed by atoms with Crippen LogP contribution in [0.15, 0.2) is 41.8 Å². The number of amides is 1. The molecule has 2 heterocycles. The molecule has 0 N–H and O–H groups in total. The van der Waals surface area contributed by atoms with Gasteiger partial charge >= 0.3 is 0 Å². The smallest absolute Gasteiger partial charge is 0.286 e. The van der Waals surface area contributed by atoms with Crippen molar-refractivity contribution in [2.75, 3.05) is 40.4 Å². The number of hydrogen-bond acceptors (Lipinski definition) is 8. The average molecular weight is 487 g/mol. The van der Waals surface area contributed by atoms with Crippen molar-refractivity contribution < 1.29 is 23.6 Å². The minimum atomic E-state index is -0.591. The number of hydrogen-bond donors (Lipinski definition) is 0. The summed E-state index contributed by atoms with van der Waals surface area (Å²) in [5.41, 5.74) is 1.31. The number of halogens is 1. The summed E-state index contributed by atoms with van der Waals surface area (Å²) in [4.78, 5) is 32.5. The Labute approximate surface area is 199 Å². The summed E-state index contributed by atoms with van der Waals surface area (Å²) < 4.78 is 23.5. The van der Waals surface area contributed by atoms with Crippen LogP contribution in [0.4, 0.5) is 10.1 Å². The highest BCUT2D eigenvalue weighted by atomic mass is 32.1. The van der Waals surface area contributed by atoms with Gasteiger partial charge in [-0.1, -0.05) is 0 Å². The molecule has 0 unspecified atom stereocenters. The van der Waals surface area contributed by atoms with E-state index in [9.17, 15) is 19.3 Å². The van der Waals surface area contributed by atoms with Crippen LogP contribution in [0.3, 0.4) is 0 Å². The van der Waals surface area contributed by atoms with Crippen LogP contribution in [0.2, 0.25) is 0 Å². The molecule has 0 spiro atoms. The lowest BCUT2D eigenvalue weighted by Crippen LogP contribution is -2.48. The SMILES string of the molecule is COc1cc(C(=O)N2CCN(Cc3nc(-c4ccc(F)cc4)cs3)CC2)c([N+](=O)[O-])cc1OC. The van der Waals surface area contributed by atoms with Crippen LogP contribution >= 0.6 is 11.3 Å². The van der Waals surface area contributed by atoms with Crippen molar-refractivity contribution in [3.05, 3.63) is 68.3 Å². The highest BCUT2D eigenvalue weighted by molar-refractivity contribution is 7.09. The van der Waals surface area contributed by atoms with E-state index in [1.165, 1.54) is 49.8 Å². The molecule has 1 fully saturated rings. The van der Waals surface area contributed by atoms with Crippen LogP contribution in [0.5, 0.6) is 11.5 Å². The van der Waals surface area contributed by atoms with E-state index in [0.717, 1.165) is 16.3 Å². The number of nitro groups is 1. The number of thiazole rings is 1. The summed E-state index contributed by atoms with van der Waals surface area (Å²) in [5, 5.41) is 14.4. The second-order valence-electron chi connectivity index (χ2n) is 7.68. The maximum atomic E-state index is 13.1. The molecule has 1 aliphatic rings. The van der Waals surface area contributed by atoms with Gasteiger partial charge in [0.1, 0.15) is 16.4 Å². The maximum Gasteiger partial charge on any atom is 0.286 e. The van der Waals surface area contributed by atoms with Crippen molar-refractivity contribution in [1.29, 1.82) is 0 Å². The standard InChI is InChI=1S/C23H23FN4O5S/c1-32-20-11-17(19(28(30)31)12-21(20)33-2)23(29)27-9-7-26(8-10-27)13-22-25-18(14-34-22)15-3-5-16(24)6-4-15/h3-6,11-12,14H,7-10,13H2,1-2H3. The number of benzene rings is 2. The summed E-state index contributed by atoms with van der Waals surface area (Å²) in [5.74, 6) is -0.250. The van der Waals surface area contributed by atoms with Gasteiger partial charge in [-0.25, -0.2) is 9.37 Å². The molecular weight excluding hydrogens is 463 g/mol. The molecule has 0 aliphatic carbocycles. The fourth-order valence-electron chi connectivity index (χ4n) is 3.80. The molecule has 3 aromatic rings. The van der Waals surface area contributed by atoms with Crippen LogP contribution < -0.4 is 9.47 Å². The molecule has 1 aliphatic heterocycles. The molecule has 1 saturated heterocycles. The van der Waals surface area contributed by atoms with Crippen LogP contribution in [-0.4, -0.2) is 66.0 Å². The van der Waals surface area contributed by atoms with Gasteiger partial charge in [0, 0.05) is 43.2 Å². The quantitative estimate of drug-likeness (QED) is 0.370. The summed E-state index contributed by atoms with van der Waals surface area (Å²) in [6, 6.07) is 8.79. The Kier molecular flexibility index (Phi) is 7.03. The number of carbonyl (C=O) groups excluding carboxylic acids is 1. The lowest BCUT2D eigenvalue weighted by Gasteiger charge is -2.34. The number of carbonyl (C=O) groups is 1. The van der Waals surface area contributed by atoms with Crippen molar-refractivity contribution in [1.82, 2.24) is 14.8 Å². The van der Waals surface area contributed by atoms with Crippen LogP contribution in [-0.2, 0) is 6.54 Å². The van der Waals surface area contributed by atoms with E-state index in [1.807, 2.05) is 5.38 Å². The molecule has 0 bridgehead atoms. The number of nitro benzene ring substituents is 1. The largest absolute Gasteiger partial charge is 0.493 e. The first-order valence-corrected chi connectivity index (χ1v) is 11.4. The molecule has 178 valence electrons. The van der Waals surface area contributed by atoms with Crippen LogP contribution in [0.25, 0.3) is 11.3 Å². The van der Waals surface area contributed by atoms with Gasteiger partial charge < -0.3 is 14.4 Å². The number of aromatic nitrogens is 1. The Balaban J connectivity index is 1.41. The normalized spacial score (nSPS) is 14.1. The van der Waals surface area contributed by atoms with Gasteiger partial charge in [0.05, 0.1) is 37.4 Å². The molecule has 9 nitrogen and oxygen atoms in total. The second kappa shape index (κ2) is 10.1. The molecule has 11 heteroatoms. The van der Waals surface area contributed by atoms with E-state index >= 15 is 0 Å². The third-order valence-electron chi connectivity index (χ3n) is 5.64. The maximum absolute atomic E-state index is 13.1. The van der Waals surface area contributed by atoms with Gasteiger partial charge in [0.25, 0.3) is 11.6 Å². The lowest BCUT2D eigenvalue weighted by molar-refractivity contribution is -0.385.